The molecule has 0 amide bonds. The van der Waals surface area contributed by atoms with Gasteiger partial charge in [-0.05, 0) is 62.6 Å². The summed E-state index contributed by atoms with van der Waals surface area (Å²) in [6.45, 7) is 11.8. The van der Waals surface area contributed by atoms with E-state index in [1.165, 1.54) is 11.1 Å². The first kappa shape index (κ1) is 19.1. The van der Waals surface area contributed by atoms with Crippen molar-refractivity contribution in [3.8, 4) is 5.75 Å². The SMILES string of the molecule is CCC(=CCCOc1ccc(C(C)C)cc1)CCC1OC1(C)CC. The van der Waals surface area contributed by atoms with Crippen LogP contribution in [0.4, 0.5) is 0 Å². The minimum absolute atomic E-state index is 0.157. The van der Waals surface area contributed by atoms with Gasteiger partial charge < -0.3 is 9.47 Å². The van der Waals surface area contributed by atoms with E-state index in [2.05, 4.69) is 65.0 Å². The second-order valence-electron chi connectivity index (χ2n) is 7.39. The van der Waals surface area contributed by atoms with E-state index in [9.17, 15) is 0 Å². The summed E-state index contributed by atoms with van der Waals surface area (Å²) in [6.07, 6.45) is 8.35. The average Bonchev–Trinajstić information content (AvgIpc) is 3.25. The zero-order valence-electron chi connectivity index (χ0n) is 16.1. The molecule has 2 rings (SSSR count). The monoisotopic (exact) mass is 330 g/mol. The first-order chi connectivity index (χ1) is 11.5. The van der Waals surface area contributed by atoms with Crippen molar-refractivity contribution in [1.29, 1.82) is 0 Å². The molecule has 1 aliphatic heterocycles. The van der Waals surface area contributed by atoms with Gasteiger partial charge in [0.25, 0.3) is 0 Å². The van der Waals surface area contributed by atoms with Crippen LogP contribution in [0.1, 0.15) is 78.2 Å². The van der Waals surface area contributed by atoms with Gasteiger partial charge in [0.1, 0.15) is 5.75 Å². The molecular weight excluding hydrogens is 296 g/mol. The standard InChI is InChI=1S/C22H34O2/c1-6-18(10-15-21-22(5,7-2)24-21)9-8-16-23-20-13-11-19(12-14-20)17(3)4/h9,11-14,17,21H,6-8,10,15-16H2,1-5H3. The number of hydrogen-bond acceptors (Lipinski definition) is 2. The summed E-state index contributed by atoms with van der Waals surface area (Å²) in [5.41, 5.74) is 3.05. The predicted molar refractivity (Wildman–Crippen MR) is 102 cm³/mol. The summed E-state index contributed by atoms with van der Waals surface area (Å²) < 4.78 is 11.7. The lowest BCUT2D eigenvalue weighted by molar-refractivity contribution is 0.300. The molecule has 1 aromatic carbocycles. The van der Waals surface area contributed by atoms with E-state index in [4.69, 9.17) is 9.47 Å². The van der Waals surface area contributed by atoms with Crippen LogP contribution in [-0.4, -0.2) is 18.3 Å². The van der Waals surface area contributed by atoms with E-state index in [0.717, 1.165) is 44.5 Å². The summed E-state index contributed by atoms with van der Waals surface area (Å²) in [6, 6.07) is 8.48. The van der Waals surface area contributed by atoms with Gasteiger partial charge in [0, 0.05) is 0 Å². The molecule has 0 N–H and O–H groups in total. The molecule has 1 heterocycles. The lowest BCUT2D eigenvalue weighted by Crippen LogP contribution is -2.07. The molecule has 0 aromatic heterocycles. The van der Waals surface area contributed by atoms with Gasteiger partial charge in [-0.3, -0.25) is 0 Å². The Hall–Kier alpha value is -1.28. The zero-order chi connectivity index (χ0) is 17.6. The number of hydrogen-bond donors (Lipinski definition) is 0. The number of epoxide rings is 1. The van der Waals surface area contributed by atoms with Crippen LogP contribution in [0.15, 0.2) is 35.9 Å². The van der Waals surface area contributed by atoms with Crippen LogP contribution in [0.25, 0.3) is 0 Å². The van der Waals surface area contributed by atoms with Crippen molar-refractivity contribution in [2.24, 2.45) is 0 Å². The molecule has 0 spiro atoms. The summed E-state index contributed by atoms with van der Waals surface area (Å²) >= 11 is 0. The molecule has 2 nitrogen and oxygen atoms in total. The van der Waals surface area contributed by atoms with Gasteiger partial charge in [-0.2, -0.15) is 0 Å². The normalized spacial score (nSPS) is 23.6. The molecule has 1 fully saturated rings. The van der Waals surface area contributed by atoms with Crippen molar-refractivity contribution >= 4 is 0 Å². The van der Waals surface area contributed by atoms with Gasteiger partial charge in [0.05, 0.1) is 18.3 Å². The molecule has 0 saturated carbocycles. The molecule has 24 heavy (non-hydrogen) atoms. The van der Waals surface area contributed by atoms with Crippen molar-refractivity contribution in [3.05, 3.63) is 41.5 Å². The van der Waals surface area contributed by atoms with E-state index in [0.29, 0.717) is 12.0 Å². The van der Waals surface area contributed by atoms with E-state index < -0.39 is 0 Å². The quantitative estimate of drug-likeness (QED) is 0.287. The second kappa shape index (κ2) is 8.71. The summed E-state index contributed by atoms with van der Waals surface area (Å²) in [4.78, 5) is 0. The van der Waals surface area contributed by atoms with Crippen molar-refractivity contribution in [2.75, 3.05) is 6.61 Å². The number of ether oxygens (including phenoxy) is 2. The highest BCUT2D eigenvalue weighted by atomic mass is 16.6. The third-order valence-electron chi connectivity index (χ3n) is 5.29. The van der Waals surface area contributed by atoms with E-state index >= 15 is 0 Å². The molecule has 0 bridgehead atoms. The number of rotatable bonds is 10. The van der Waals surface area contributed by atoms with E-state index in [1.807, 2.05) is 0 Å². The van der Waals surface area contributed by atoms with Crippen molar-refractivity contribution in [1.82, 2.24) is 0 Å². The third kappa shape index (κ3) is 5.37. The average molecular weight is 331 g/mol. The fourth-order valence-electron chi connectivity index (χ4n) is 3.09. The number of allylic oxidation sites excluding steroid dienone is 1. The summed E-state index contributed by atoms with van der Waals surface area (Å²) in [5.74, 6) is 1.54. The smallest absolute Gasteiger partial charge is 0.119 e. The Morgan fingerprint density at radius 3 is 2.50 bits per heavy atom. The highest BCUT2D eigenvalue weighted by Gasteiger charge is 2.49. The van der Waals surface area contributed by atoms with Crippen LogP contribution >= 0.6 is 0 Å². The highest BCUT2D eigenvalue weighted by Crippen LogP contribution is 2.42. The van der Waals surface area contributed by atoms with E-state index in [1.54, 1.807) is 0 Å². The first-order valence-electron chi connectivity index (χ1n) is 9.57. The lowest BCUT2D eigenvalue weighted by Gasteiger charge is -2.09. The van der Waals surface area contributed by atoms with Gasteiger partial charge in [-0.15, -0.1) is 0 Å². The van der Waals surface area contributed by atoms with Crippen LogP contribution in [-0.2, 0) is 4.74 Å². The molecule has 134 valence electrons. The van der Waals surface area contributed by atoms with Crippen LogP contribution in [0.2, 0.25) is 0 Å². The molecule has 2 unspecified atom stereocenters. The fraction of sp³-hybridized carbons (Fsp3) is 0.636. The molecule has 2 heteroatoms. The Balaban J connectivity index is 1.69. The fourth-order valence-corrected chi connectivity index (χ4v) is 3.09. The van der Waals surface area contributed by atoms with Crippen LogP contribution in [0.3, 0.4) is 0 Å². The van der Waals surface area contributed by atoms with Gasteiger partial charge in [-0.25, -0.2) is 0 Å². The maximum Gasteiger partial charge on any atom is 0.119 e. The van der Waals surface area contributed by atoms with E-state index in [-0.39, 0.29) is 5.60 Å². The topological polar surface area (TPSA) is 21.8 Å². The second-order valence-corrected chi connectivity index (χ2v) is 7.39. The maximum atomic E-state index is 5.85. The molecule has 0 aliphatic carbocycles. The Morgan fingerprint density at radius 1 is 1.25 bits per heavy atom. The van der Waals surface area contributed by atoms with Crippen LogP contribution < -0.4 is 4.74 Å². The van der Waals surface area contributed by atoms with Gasteiger partial charge in [0.2, 0.25) is 0 Å². The van der Waals surface area contributed by atoms with Crippen LogP contribution in [0.5, 0.6) is 5.75 Å². The minimum Gasteiger partial charge on any atom is -0.493 e. The van der Waals surface area contributed by atoms with Gasteiger partial charge >= 0.3 is 0 Å². The molecule has 2 atom stereocenters. The van der Waals surface area contributed by atoms with Crippen molar-refractivity contribution in [3.63, 3.8) is 0 Å². The van der Waals surface area contributed by atoms with Gasteiger partial charge in [-0.1, -0.05) is 51.5 Å². The Labute approximate surface area is 148 Å². The van der Waals surface area contributed by atoms with Gasteiger partial charge in [0.15, 0.2) is 0 Å². The minimum atomic E-state index is 0.157. The Morgan fingerprint density at radius 2 is 1.96 bits per heavy atom. The molecule has 0 radical (unpaired) electrons. The Kier molecular flexibility index (Phi) is 6.91. The molecule has 1 saturated heterocycles. The van der Waals surface area contributed by atoms with Crippen LogP contribution in [0, 0.1) is 0 Å². The molecule has 1 aromatic rings. The summed E-state index contributed by atoms with van der Waals surface area (Å²) in [5, 5.41) is 0. The molecule has 1 aliphatic rings. The van der Waals surface area contributed by atoms with Crippen molar-refractivity contribution in [2.45, 2.75) is 84.3 Å². The number of benzene rings is 1. The third-order valence-corrected chi connectivity index (χ3v) is 5.29. The maximum absolute atomic E-state index is 5.85. The molecular formula is C22H34O2. The Bertz CT molecular complexity index is 529. The first-order valence-corrected chi connectivity index (χ1v) is 9.57. The lowest BCUT2D eigenvalue weighted by atomic mass is 9.98. The largest absolute Gasteiger partial charge is 0.493 e. The zero-order valence-corrected chi connectivity index (χ0v) is 16.1. The van der Waals surface area contributed by atoms with Crippen molar-refractivity contribution < 1.29 is 9.47 Å². The predicted octanol–water partition coefficient (Wildman–Crippen LogP) is 6.26. The summed E-state index contributed by atoms with van der Waals surface area (Å²) in [7, 11) is 0. The highest BCUT2D eigenvalue weighted by molar-refractivity contribution is 5.28.